The van der Waals surface area contributed by atoms with Crippen molar-refractivity contribution in [3.63, 3.8) is 0 Å². The molecule has 2 rings (SSSR count). The summed E-state index contributed by atoms with van der Waals surface area (Å²) < 4.78 is 9.76. The van der Waals surface area contributed by atoms with E-state index in [-0.39, 0.29) is 0 Å². The van der Waals surface area contributed by atoms with Gasteiger partial charge in [0.05, 0.1) is 18.9 Å². The quantitative estimate of drug-likeness (QED) is 0.739. The SMILES string of the molecule is COc1ccc(Cc2[c]con2)cc1. The van der Waals surface area contributed by atoms with Crippen molar-refractivity contribution in [2.75, 3.05) is 7.11 Å². The van der Waals surface area contributed by atoms with Crippen molar-refractivity contribution < 1.29 is 9.26 Å². The van der Waals surface area contributed by atoms with E-state index in [1.165, 1.54) is 6.26 Å². The van der Waals surface area contributed by atoms with Gasteiger partial charge in [0.25, 0.3) is 0 Å². The van der Waals surface area contributed by atoms with Gasteiger partial charge in [-0.25, -0.2) is 0 Å². The van der Waals surface area contributed by atoms with Crippen LogP contribution in [0.4, 0.5) is 0 Å². The van der Waals surface area contributed by atoms with Crippen molar-refractivity contribution in [2.45, 2.75) is 6.42 Å². The Kier molecular flexibility index (Phi) is 2.49. The maximum atomic E-state index is 5.06. The first-order valence-corrected chi connectivity index (χ1v) is 4.32. The van der Waals surface area contributed by atoms with Gasteiger partial charge in [-0.15, -0.1) is 0 Å². The van der Waals surface area contributed by atoms with Gasteiger partial charge in [-0.2, -0.15) is 0 Å². The van der Waals surface area contributed by atoms with E-state index < -0.39 is 0 Å². The van der Waals surface area contributed by atoms with Gasteiger partial charge >= 0.3 is 0 Å². The van der Waals surface area contributed by atoms with Crippen molar-refractivity contribution in [2.24, 2.45) is 0 Å². The summed E-state index contributed by atoms with van der Waals surface area (Å²) >= 11 is 0. The van der Waals surface area contributed by atoms with E-state index in [2.05, 4.69) is 11.2 Å². The van der Waals surface area contributed by atoms with Crippen LogP contribution in [0.15, 0.2) is 35.1 Å². The van der Waals surface area contributed by atoms with Crippen molar-refractivity contribution in [1.82, 2.24) is 5.16 Å². The average molecular weight is 188 g/mol. The molecular formula is C11H10NO2. The summed E-state index contributed by atoms with van der Waals surface area (Å²) in [6, 6.07) is 10.8. The van der Waals surface area contributed by atoms with E-state index in [1.54, 1.807) is 7.11 Å². The Balaban J connectivity index is 2.10. The van der Waals surface area contributed by atoms with Crippen LogP contribution in [-0.2, 0) is 6.42 Å². The van der Waals surface area contributed by atoms with Crippen LogP contribution in [0.25, 0.3) is 0 Å². The van der Waals surface area contributed by atoms with Crippen LogP contribution in [0.3, 0.4) is 0 Å². The van der Waals surface area contributed by atoms with E-state index >= 15 is 0 Å². The summed E-state index contributed by atoms with van der Waals surface area (Å²) in [6.07, 6.45) is 2.19. The number of hydrogen-bond donors (Lipinski definition) is 0. The van der Waals surface area contributed by atoms with Gasteiger partial charge in [0.1, 0.15) is 12.0 Å². The largest absolute Gasteiger partial charge is 0.497 e. The molecule has 3 heteroatoms. The minimum atomic E-state index is 0.737. The van der Waals surface area contributed by atoms with Crippen molar-refractivity contribution >= 4 is 0 Å². The number of aromatic nitrogens is 1. The van der Waals surface area contributed by atoms with E-state index in [0.29, 0.717) is 0 Å². The maximum Gasteiger partial charge on any atom is 0.132 e. The summed E-state index contributed by atoms with van der Waals surface area (Å²) in [4.78, 5) is 0. The molecule has 14 heavy (non-hydrogen) atoms. The lowest BCUT2D eigenvalue weighted by Gasteiger charge is -2.00. The standard InChI is InChI=1S/C11H10NO2/c1-13-11-4-2-9(3-5-11)8-10-6-7-14-12-10/h2-5,7H,8H2,1H3. The molecule has 1 aromatic heterocycles. The lowest BCUT2D eigenvalue weighted by atomic mass is 10.1. The molecule has 1 aromatic carbocycles. The second kappa shape index (κ2) is 3.96. The molecule has 0 unspecified atom stereocenters. The van der Waals surface area contributed by atoms with Crippen LogP contribution in [0.5, 0.6) is 5.75 Å². The second-order valence-corrected chi connectivity index (χ2v) is 2.93. The van der Waals surface area contributed by atoms with Crippen molar-refractivity contribution in [3.05, 3.63) is 47.9 Å². The van der Waals surface area contributed by atoms with Crippen molar-refractivity contribution in [3.8, 4) is 5.75 Å². The molecule has 0 spiro atoms. The highest BCUT2D eigenvalue weighted by atomic mass is 16.5. The molecule has 2 aromatic rings. The third-order valence-electron chi connectivity index (χ3n) is 1.97. The van der Waals surface area contributed by atoms with Crippen LogP contribution < -0.4 is 4.74 Å². The molecule has 1 radical (unpaired) electrons. The Bertz CT molecular complexity index is 378. The summed E-state index contributed by atoms with van der Waals surface area (Å²) in [5.41, 5.74) is 1.98. The third kappa shape index (κ3) is 1.93. The molecule has 0 saturated carbocycles. The fraction of sp³-hybridized carbons (Fsp3) is 0.182. The van der Waals surface area contributed by atoms with Gasteiger partial charge in [0.15, 0.2) is 0 Å². The first-order valence-electron chi connectivity index (χ1n) is 4.32. The average Bonchev–Trinajstić information content (AvgIpc) is 2.72. The number of hydrogen-bond acceptors (Lipinski definition) is 3. The molecule has 0 bridgehead atoms. The molecule has 0 N–H and O–H groups in total. The Hall–Kier alpha value is -1.77. The summed E-state index contributed by atoms with van der Waals surface area (Å²) in [5.74, 6) is 0.859. The lowest BCUT2D eigenvalue weighted by Crippen LogP contribution is -1.88. The third-order valence-corrected chi connectivity index (χ3v) is 1.97. The van der Waals surface area contributed by atoms with Gasteiger partial charge in [-0.1, -0.05) is 17.3 Å². The topological polar surface area (TPSA) is 35.3 Å². The fourth-order valence-corrected chi connectivity index (χ4v) is 1.23. The molecule has 1 heterocycles. The Morgan fingerprint density at radius 1 is 1.36 bits per heavy atom. The minimum absolute atomic E-state index is 0.737. The molecule has 71 valence electrons. The Morgan fingerprint density at radius 3 is 2.71 bits per heavy atom. The van der Waals surface area contributed by atoms with Crippen LogP contribution in [-0.4, -0.2) is 12.3 Å². The Labute approximate surface area is 82.3 Å². The van der Waals surface area contributed by atoms with Gasteiger partial charge in [0, 0.05) is 6.42 Å². The predicted octanol–water partition coefficient (Wildman–Crippen LogP) is 2.07. The summed E-state index contributed by atoms with van der Waals surface area (Å²) in [7, 11) is 1.65. The zero-order chi connectivity index (χ0) is 9.80. The monoisotopic (exact) mass is 188 g/mol. The van der Waals surface area contributed by atoms with Crippen LogP contribution in [0.2, 0.25) is 0 Å². The highest BCUT2D eigenvalue weighted by Gasteiger charge is 1.99. The molecule has 3 nitrogen and oxygen atoms in total. The molecular weight excluding hydrogens is 178 g/mol. The molecule has 0 saturated heterocycles. The van der Waals surface area contributed by atoms with Gasteiger partial charge in [0.2, 0.25) is 0 Å². The molecule has 0 fully saturated rings. The molecule has 0 aliphatic carbocycles. The van der Waals surface area contributed by atoms with Crippen LogP contribution in [0, 0.1) is 6.07 Å². The van der Waals surface area contributed by atoms with E-state index in [4.69, 9.17) is 9.26 Å². The molecule has 0 aliphatic rings. The van der Waals surface area contributed by atoms with Gasteiger partial charge in [-0.05, 0) is 17.7 Å². The molecule has 0 aliphatic heterocycles. The van der Waals surface area contributed by atoms with E-state index in [9.17, 15) is 0 Å². The smallest absolute Gasteiger partial charge is 0.132 e. The number of methoxy groups -OCH3 is 1. The normalized spacial score (nSPS) is 10.1. The number of rotatable bonds is 3. The van der Waals surface area contributed by atoms with E-state index in [1.807, 2.05) is 24.3 Å². The first-order chi connectivity index (χ1) is 6.88. The first kappa shape index (κ1) is 8.81. The zero-order valence-electron chi connectivity index (χ0n) is 7.86. The zero-order valence-corrected chi connectivity index (χ0v) is 7.86. The summed E-state index contributed by atoms with van der Waals surface area (Å²) in [6.45, 7) is 0. The Morgan fingerprint density at radius 2 is 2.14 bits per heavy atom. The van der Waals surface area contributed by atoms with Crippen LogP contribution >= 0.6 is 0 Å². The fourth-order valence-electron chi connectivity index (χ4n) is 1.23. The summed E-state index contributed by atoms with van der Waals surface area (Å²) in [5, 5.41) is 3.79. The number of nitrogens with zero attached hydrogens (tertiary/aromatic N) is 1. The number of ether oxygens (including phenoxy) is 1. The van der Waals surface area contributed by atoms with Crippen LogP contribution in [0.1, 0.15) is 11.3 Å². The lowest BCUT2D eigenvalue weighted by molar-refractivity contribution is 0.412. The molecule has 0 atom stereocenters. The van der Waals surface area contributed by atoms with Crippen molar-refractivity contribution in [1.29, 1.82) is 0 Å². The van der Waals surface area contributed by atoms with Gasteiger partial charge < -0.3 is 9.26 Å². The highest BCUT2D eigenvalue weighted by molar-refractivity contribution is 5.29. The highest BCUT2D eigenvalue weighted by Crippen LogP contribution is 2.13. The predicted molar refractivity (Wildman–Crippen MR) is 51.1 cm³/mol. The van der Waals surface area contributed by atoms with E-state index in [0.717, 1.165) is 23.4 Å². The minimum Gasteiger partial charge on any atom is -0.497 e. The molecule has 0 amide bonds. The number of benzene rings is 1. The van der Waals surface area contributed by atoms with Gasteiger partial charge in [-0.3, -0.25) is 0 Å². The second-order valence-electron chi connectivity index (χ2n) is 2.93. The maximum absolute atomic E-state index is 5.06.